The zero-order valence-corrected chi connectivity index (χ0v) is 12.5. The summed E-state index contributed by atoms with van der Waals surface area (Å²) in [4.78, 5) is 12.1. The number of nitrogens with one attached hydrogen (secondary N) is 2. The number of hydrogen-bond donors (Lipinski definition) is 4. The Balaban J connectivity index is 1.71. The fraction of sp³-hybridized carbons (Fsp3) is 0.0588. The number of rotatable bonds is 4. The van der Waals surface area contributed by atoms with Gasteiger partial charge in [0.25, 0.3) is 5.91 Å². The maximum Gasteiger partial charge on any atom is 0.269 e. The lowest BCUT2D eigenvalue weighted by molar-refractivity contribution is 0.0946. The van der Waals surface area contributed by atoms with E-state index in [0.717, 1.165) is 17.7 Å². The third kappa shape index (κ3) is 3.35. The van der Waals surface area contributed by atoms with Crippen molar-refractivity contribution in [3.05, 3.63) is 65.6 Å². The summed E-state index contributed by atoms with van der Waals surface area (Å²) in [6, 6.07) is 11.4. The number of carbonyl (C=O) groups is 1. The van der Waals surface area contributed by atoms with E-state index < -0.39 is 11.7 Å². The first-order valence-corrected chi connectivity index (χ1v) is 7.13. The highest BCUT2D eigenvalue weighted by atomic mass is 19.1. The van der Waals surface area contributed by atoms with Gasteiger partial charge in [-0.25, -0.2) is 4.39 Å². The van der Waals surface area contributed by atoms with Crippen molar-refractivity contribution in [2.75, 3.05) is 0 Å². The maximum absolute atomic E-state index is 13.3. The highest BCUT2D eigenvalue weighted by Crippen LogP contribution is 2.28. The second kappa shape index (κ2) is 6.41. The van der Waals surface area contributed by atoms with Gasteiger partial charge in [-0.3, -0.25) is 9.89 Å². The van der Waals surface area contributed by atoms with E-state index in [2.05, 4.69) is 15.5 Å². The number of phenolic OH excluding ortho intramolecular Hbond substituents is 2. The normalized spacial score (nSPS) is 10.5. The van der Waals surface area contributed by atoms with Crippen molar-refractivity contribution in [2.45, 2.75) is 6.54 Å². The van der Waals surface area contributed by atoms with Gasteiger partial charge < -0.3 is 15.5 Å². The zero-order chi connectivity index (χ0) is 17.1. The van der Waals surface area contributed by atoms with Crippen molar-refractivity contribution in [1.82, 2.24) is 15.5 Å². The van der Waals surface area contributed by atoms with Gasteiger partial charge >= 0.3 is 0 Å². The van der Waals surface area contributed by atoms with Crippen LogP contribution in [0.2, 0.25) is 0 Å². The monoisotopic (exact) mass is 327 g/mol. The number of carbonyl (C=O) groups excluding carboxylic acids is 1. The van der Waals surface area contributed by atoms with Crippen LogP contribution in [0.3, 0.4) is 0 Å². The number of nitrogens with zero attached hydrogens (tertiary/aromatic N) is 1. The molecule has 7 heteroatoms. The Hall–Kier alpha value is -3.35. The molecule has 6 nitrogen and oxygen atoms in total. The molecule has 0 fully saturated rings. The average Bonchev–Trinajstić information content (AvgIpc) is 3.06. The van der Waals surface area contributed by atoms with Crippen molar-refractivity contribution in [3.8, 4) is 22.8 Å². The van der Waals surface area contributed by atoms with Crippen LogP contribution < -0.4 is 5.32 Å². The number of halogens is 1. The topological polar surface area (TPSA) is 98.2 Å². The molecule has 0 aliphatic carbocycles. The Morgan fingerprint density at radius 2 is 1.88 bits per heavy atom. The number of H-pyrrole nitrogens is 1. The van der Waals surface area contributed by atoms with Crippen LogP contribution in [0, 0.1) is 5.82 Å². The Kier molecular flexibility index (Phi) is 4.15. The molecule has 4 N–H and O–H groups in total. The minimum absolute atomic E-state index is 0.126. The molecule has 1 aromatic heterocycles. The lowest BCUT2D eigenvalue weighted by Gasteiger charge is -2.03. The lowest BCUT2D eigenvalue weighted by atomic mass is 10.1. The third-order valence-corrected chi connectivity index (χ3v) is 3.45. The van der Waals surface area contributed by atoms with E-state index in [1.807, 2.05) is 0 Å². The van der Waals surface area contributed by atoms with Crippen LogP contribution in [-0.2, 0) is 6.54 Å². The summed E-state index contributed by atoms with van der Waals surface area (Å²) in [6.07, 6.45) is 0. The van der Waals surface area contributed by atoms with Crippen LogP contribution in [0.4, 0.5) is 4.39 Å². The number of aromatic hydroxyl groups is 2. The number of benzene rings is 2. The van der Waals surface area contributed by atoms with Gasteiger partial charge in [0.15, 0.2) is 0 Å². The summed E-state index contributed by atoms with van der Waals surface area (Å²) in [7, 11) is 0. The van der Waals surface area contributed by atoms with Crippen LogP contribution in [-0.4, -0.2) is 26.3 Å². The van der Waals surface area contributed by atoms with Gasteiger partial charge in [0.05, 0.1) is 5.69 Å². The average molecular weight is 327 g/mol. The van der Waals surface area contributed by atoms with E-state index in [0.29, 0.717) is 0 Å². The van der Waals surface area contributed by atoms with Gasteiger partial charge in [-0.05, 0) is 42.0 Å². The predicted molar refractivity (Wildman–Crippen MR) is 84.9 cm³/mol. The van der Waals surface area contributed by atoms with Crippen molar-refractivity contribution in [1.29, 1.82) is 0 Å². The number of aromatic nitrogens is 2. The van der Waals surface area contributed by atoms with Gasteiger partial charge in [0.1, 0.15) is 23.0 Å². The SMILES string of the molecule is O=C(NCc1ccc(O)cc1)c1cc(-c2cc(F)ccc2O)n[nH]1. The molecule has 24 heavy (non-hydrogen) atoms. The second-order valence-electron chi connectivity index (χ2n) is 5.18. The quantitative estimate of drug-likeness (QED) is 0.592. The van der Waals surface area contributed by atoms with Crippen LogP contribution in [0.15, 0.2) is 48.5 Å². The van der Waals surface area contributed by atoms with E-state index in [4.69, 9.17) is 0 Å². The molecule has 0 unspecified atom stereocenters. The van der Waals surface area contributed by atoms with Gasteiger partial charge in [-0.1, -0.05) is 12.1 Å². The number of amides is 1. The zero-order valence-electron chi connectivity index (χ0n) is 12.5. The van der Waals surface area contributed by atoms with Crippen molar-refractivity contribution < 1.29 is 19.4 Å². The summed E-state index contributed by atoms with van der Waals surface area (Å²) in [5, 5.41) is 28.2. The molecule has 3 aromatic rings. The summed E-state index contributed by atoms with van der Waals surface area (Å²) in [5.41, 5.74) is 1.47. The second-order valence-corrected chi connectivity index (χ2v) is 5.18. The first-order valence-electron chi connectivity index (χ1n) is 7.13. The fourth-order valence-corrected chi connectivity index (χ4v) is 2.18. The number of hydrogen-bond acceptors (Lipinski definition) is 4. The summed E-state index contributed by atoms with van der Waals surface area (Å²) >= 11 is 0. The first-order chi connectivity index (χ1) is 11.5. The molecule has 0 saturated carbocycles. The molecule has 1 heterocycles. The fourth-order valence-electron chi connectivity index (χ4n) is 2.18. The standard InChI is InChI=1S/C17H14FN3O3/c18-11-3-6-16(23)13(7-11)14-8-15(21-20-14)17(24)19-9-10-1-4-12(22)5-2-10/h1-8,22-23H,9H2,(H,19,24)(H,20,21). The van der Waals surface area contributed by atoms with E-state index in [1.54, 1.807) is 12.1 Å². The molecule has 1 amide bonds. The summed E-state index contributed by atoms with van der Waals surface area (Å²) < 4.78 is 13.3. The smallest absolute Gasteiger partial charge is 0.269 e. The minimum atomic E-state index is -0.510. The van der Waals surface area contributed by atoms with Crippen LogP contribution in [0.1, 0.15) is 16.1 Å². The van der Waals surface area contributed by atoms with Gasteiger partial charge in [0, 0.05) is 12.1 Å². The summed E-state index contributed by atoms with van der Waals surface area (Å²) in [5.74, 6) is -0.876. The molecule has 0 aliphatic rings. The molecular formula is C17H14FN3O3. The molecule has 0 radical (unpaired) electrons. The Morgan fingerprint density at radius 3 is 2.62 bits per heavy atom. The van der Waals surface area contributed by atoms with E-state index in [9.17, 15) is 19.4 Å². The Morgan fingerprint density at radius 1 is 1.12 bits per heavy atom. The largest absolute Gasteiger partial charge is 0.508 e. The minimum Gasteiger partial charge on any atom is -0.508 e. The van der Waals surface area contributed by atoms with Crippen LogP contribution in [0.5, 0.6) is 11.5 Å². The third-order valence-electron chi connectivity index (χ3n) is 3.45. The Bertz CT molecular complexity index is 875. The van der Waals surface area contributed by atoms with Gasteiger partial charge in [0.2, 0.25) is 0 Å². The highest BCUT2D eigenvalue weighted by Gasteiger charge is 2.14. The molecule has 0 saturated heterocycles. The van der Waals surface area contributed by atoms with Crippen molar-refractivity contribution >= 4 is 5.91 Å². The predicted octanol–water partition coefficient (Wildman–Crippen LogP) is 2.56. The highest BCUT2D eigenvalue weighted by molar-refractivity contribution is 5.93. The molecule has 3 rings (SSSR count). The van der Waals surface area contributed by atoms with Crippen molar-refractivity contribution in [3.63, 3.8) is 0 Å². The molecule has 0 aliphatic heterocycles. The summed E-state index contributed by atoms with van der Waals surface area (Å²) in [6.45, 7) is 0.276. The van der Waals surface area contributed by atoms with Crippen LogP contribution in [0.25, 0.3) is 11.3 Å². The van der Waals surface area contributed by atoms with E-state index in [1.165, 1.54) is 24.3 Å². The van der Waals surface area contributed by atoms with E-state index in [-0.39, 0.29) is 35.0 Å². The van der Waals surface area contributed by atoms with Crippen molar-refractivity contribution in [2.24, 2.45) is 0 Å². The molecule has 122 valence electrons. The van der Waals surface area contributed by atoms with Gasteiger partial charge in [-0.2, -0.15) is 5.10 Å². The molecule has 0 atom stereocenters. The number of phenols is 2. The van der Waals surface area contributed by atoms with E-state index >= 15 is 0 Å². The Labute approximate surface area is 136 Å². The molecular weight excluding hydrogens is 313 g/mol. The van der Waals surface area contributed by atoms with Crippen LogP contribution >= 0.6 is 0 Å². The maximum atomic E-state index is 13.3. The molecule has 0 bridgehead atoms. The lowest BCUT2D eigenvalue weighted by Crippen LogP contribution is -2.23. The molecule has 2 aromatic carbocycles. The number of aromatic amines is 1. The molecule has 0 spiro atoms. The van der Waals surface area contributed by atoms with Gasteiger partial charge in [-0.15, -0.1) is 0 Å². The first kappa shape index (κ1) is 15.5.